The molecule has 0 aromatic carbocycles. The standard InChI is InChI=1S/C7H15BO2/c1-7(9)10-6-4-2-3-5-8/h2-6,8H2,1H3. The van der Waals surface area contributed by atoms with Gasteiger partial charge in [-0.2, -0.15) is 0 Å². The number of rotatable bonds is 5. The molecule has 0 N–H and O–H groups in total. The van der Waals surface area contributed by atoms with Gasteiger partial charge in [0, 0.05) is 6.92 Å². The molecule has 0 aromatic heterocycles. The summed E-state index contributed by atoms with van der Waals surface area (Å²) in [4.78, 5) is 10.3. The van der Waals surface area contributed by atoms with E-state index in [1.807, 2.05) is 0 Å². The maximum atomic E-state index is 10.3. The van der Waals surface area contributed by atoms with Gasteiger partial charge < -0.3 is 4.74 Å². The van der Waals surface area contributed by atoms with Crippen molar-refractivity contribution in [2.75, 3.05) is 6.61 Å². The first-order valence-corrected chi connectivity index (χ1v) is 3.90. The van der Waals surface area contributed by atoms with Crippen molar-refractivity contribution in [3.63, 3.8) is 0 Å². The lowest BCUT2D eigenvalue weighted by atomic mass is 10.00. The molecule has 0 aliphatic rings. The molecule has 0 atom stereocenters. The van der Waals surface area contributed by atoms with E-state index < -0.39 is 0 Å². The van der Waals surface area contributed by atoms with Gasteiger partial charge in [0.15, 0.2) is 0 Å². The van der Waals surface area contributed by atoms with Crippen molar-refractivity contribution in [1.82, 2.24) is 0 Å². The van der Waals surface area contributed by atoms with Gasteiger partial charge >= 0.3 is 5.97 Å². The fourth-order valence-corrected chi connectivity index (χ4v) is 0.745. The zero-order chi connectivity index (χ0) is 7.82. The van der Waals surface area contributed by atoms with Crippen LogP contribution in [0.4, 0.5) is 0 Å². The maximum absolute atomic E-state index is 10.3. The number of ether oxygens (including phenoxy) is 1. The smallest absolute Gasteiger partial charge is 0.302 e. The fourth-order valence-electron chi connectivity index (χ4n) is 0.745. The normalized spacial score (nSPS) is 9.30. The summed E-state index contributed by atoms with van der Waals surface area (Å²) in [5.41, 5.74) is 0. The second-order valence-corrected chi connectivity index (χ2v) is 2.40. The Hall–Kier alpha value is -0.465. The molecule has 0 bridgehead atoms. The SMILES string of the molecule is BCCCCCOC(C)=O. The Kier molecular flexibility index (Phi) is 6.34. The van der Waals surface area contributed by atoms with Crippen LogP contribution in [0.1, 0.15) is 26.2 Å². The van der Waals surface area contributed by atoms with Crippen LogP contribution in [0.3, 0.4) is 0 Å². The number of hydrogen-bond donors (Lipinski definition) is 0. The third-order valence-electron chi connectivity index (χ3n) is 1.30. The number of esters is 1. The van der Waals surface area contributed by atoms with Gasteiger partial charge in [-0.15, -0.1) is 0 Å². The molecular weight excluding hydrogens is 127 g/mol. The van der Waals surface area contributed by atoms with Gasteiger partial charge in [0.05, 0.1) is 6.61 Å². The van der Waals surface area contributed by atoms with E-state index >= 15 is 0 Å². The Morgan fingerprint density at radius 3 is 2.60 bits per heavy atom. The average molecular weight is 142 g/mol. The number of hydrogen-bond acceptors (Lipinski definition) is 2. The van der Waals surface area contributed by atoms with Crippen LogP contribution >= 0.6 is 0 Å². The van der Waals surface area contributed by atoms with Crippen LogP contribution in [0, 0.1) is 0 Å². The quantitative estimate of drug-likeness (QED) is 0.322. The summed E-state index contributed by atoms with van der Waals surface area (Å²) in [6.45, 7) is 2.04. The Balaban J connectivity index is 2.84. The van der Waals surface area contributed by atoms with Crippen molar-refractivity contribution in [2.24, 2.45) is 0 Å². The molecule has 0 heterocycles. The third-order valence-corrected chi connectivity index (χ3v) is 1.30. The molecule has 0 saturated carbocycles. The van der Waals surface area contributed by atoms with E-state index in [9.17, 15) is 4.79 Å². The highest BCUT2D eigenvalue weighted by molar-refractivity contribution is 6.08. The number of carbonyl (C=O) groups is 1. The van der Waals surface area contributed by atoms with E-state index in [0.717, 1.165) is 6.42 Å². The molecule has 0 saturated heterocycles. The highest BCUT2D eigenvalue weighted by atomic mass is 16.5. The van der Waals surface area contributed by atoms with Gasteiger partial charge in [-0.05, 0) is 6.42 Å². The molecule has 10 heavy (non-hydrogen) atoms. The molecule has 0 aliphatic carbocycles. The van der Waals surface area contributed by atoms with E-state index in [1.165, 1.54) is 26.1 Å². The van der Waals surface area contributed by atoms with E-state index in [0.29, 0.717) is 6.61 Å². The van der Waals surface area contributed by atoms with E-state index in [4.69, 9.17) is 4.74 Å². The summed E-state index contributed by atoms with van der Waals surface area (Å²) in [6, 6.07) is 0. The molecule has 3 heteroatoms. The van der Waals surface area contributed by atoms with Crippen molar-refractivity contribution in [3.05, 3.63) is 0 Å². The van der Waals surface area contributed by atoms with Crippen LogP contribution in [-0.2, 0) is 9.53 Å². The fraction of sp³-hybridized carbons (Fsp3) is 0.857. The van der Waals surface area contributed by atoms with Crippen LogP contribution in [0.15, 0.2) is 0 Å². The second-order valence-electron chi connectivity index (χ2n) is 2.40. The molecule has 2 nitrogen and oxygen atoms in total. The van der Waals surface area contributed by atoms with Crippen LogP contribution in [-0.4, -0.2) is 20.4 Å². The minimum atomic E-state index is -0.170. The molecule has 0 aromatic rings. The van der Waals surface area contributed by atoms with Gasteiger partial charge in [0.2, 0.25) is 0 Å². The highest BCUT2D eigenvalue weighted by Crippen LogP contribution is 1.97. The molecule has 0 rings (SSSR count). The first-order valence-electron chi connectivity index (χ1n) is 3.90. The monoisotopic (exact) mass is 142 g/mol. The Bertz CT molecular complexity index is 93.6. The van der Waals surface area contributed by atoms with Crippen LogP contribution < -0.4 is 0 Å². The summed E-state index contributed by atoms with van der Waals surface area (Å²) in [5, 5.41) is 0. The molecule has 58 valence electrons. The lowest BCUT2D eigenvalue weighted by molar-refractivity contribution is -0.141. The number of carbonyl (C=O) groups excluding carboxylic acids is 1. The predicted molar refractivity (Wildman–Crippen MR) is 43.8 cm³/mol. The average Bonchev–Trinajstić information content (AvgIpc) is 1.87. The minimum absolute atomic E-state index is 0.170. The molecule has 0 spiro atoms. The zero-order valence-corrected chi connectivity index (χ0v) is 6.85. The number of unbranched alkanes of at least 4 members (excludes halogenated alkanes) is 2. The van der Waals surface area contributed by atoms with Gasteiger partial charge in [-0.1, -0.05) is 19.2 Å². The molecule has 0 unspecified atom stereocenters. The maximum Gasteiger partial charge on any atom is 0.302 e. The Morgan fingerprint density at radius 1 is 1.40 bits per heavy atom. The Morgan fingerprint density at radius 2 is 2.10 bits per heavy atom. The van der Waals surface area contributed by atoms with Gasteiger partial charge in [-0.25, -0.2) is 0 Å². The lowest BCUT2D eigenvalue weighted by Gasteiger charge is -1.99. The molecule has 0 amide bonds. The third kappa shape index (κ3) is 7.53. The highest BCUT2D eigenvalue weighted by Gasteiger charge is 1.91. The summed E-state index contributed by atoms with van der Waals surface area (Å²) in [7, 11) is 2.16. The minimum Gasteiger partial charge on any atom is -0.466 e. The van der Waals surface area contributed by atoms with Gasteiger partial charge in [0.25, 0.3) is 0 Å². The first-order chi connectivity index (χ1) is 4.77. The summed E-state index contributed by atoms with van der Waals surface area (Å²) >= 11 is 0. The summed E-state index contributed by atoms with van der Waals surface area (Å²) < 4.78 is 4.75. The van der Waals surface area contributed by atoms with Crippen molar-refractivity contribution < 1.29 is 9.53 Å². The van der Waals surface area contributed by atoms with Crippen molar-refractivity contribution in [2.45, 2.75) is 32.5 Å². The van der Waals surface area contributed by atoms with E-state index in [2.05, 4.69) is 7.85 Å². The molecule has 0 fully saturated rings. The predicted octanol–water partition coefficient (Wildman–Crippen LogP) is 0.771. The molecule has 0 radical (unpaired) electrons. The summed E-state index contributed by atoms with van der Waals surface area (Å²) in [5.74, 6) is -0.170. The Labute approximate surface area is 63.4 Å². The summed E-state index contributed by atoms with van der Waals surface area (Å²) in [6.07, 6.45) is 4.64. The molecular formula is C7H15BO2. The van der Waals surface area contributed by atoms with Gasteiger partial charge in [0.1, 0.15) is 7.85 Å². The van der Waals surface area contributed by atoms with Crippen molar-refractivity contribution in [3.8, 4) is 0 Å². The van der Waals surface area contributed by atoms with Crippen molar-refractivity contribution in [1.29, 1.82) is 0 Å². The van der Waals surface area contributed by atoms with Crippen LogP contribution in [0.2, 0.25) is 6.32 Å². The van der Waals surface area contributed by atoms with Gasteiger partial charge in [-0.3, -0.25) is 4.79 Å². The topological polar surface area (TPSA) is 26.3 Å². The molecule has 0 aliphatic heterocycles. The van der Waals surface area contributed by atoms with E-state index in [-0.39, 0.29) is 5.97 Å². The van der Waals surface area contributed by atoms with Crippen molar-refractivity contribution >= 4 is 13.8 Å². The van der Waals surface area contributed by atoms with Crippen LogP contribution in [0.25, 0.3) is 0 Å². The lowest BCUT2D eigenvalue weighted by Crippen LogP contribution is -1.99. The first kappa shape index (κ1) is 9.53. The van der Waals surface area contributed by atoms with Crippen LogP contribution in [0.5, 0.6) is 0 Å². The van der Waals surface area contributed by atoms with E-state index in [1.54, 1.807) is 0 Å². The zero-order valence-electron chi connectivity index (χ0n) is 6.85. The largest absolute Gasteiger partial charge is 0.466 e. The second kappa shape index (κ2) is 6.65.